The molecule has 0 atom stereocenters. The summed E-state index contributed by atoms with van der Waals surface area (Å²) in [7, 11) is -1.57. The van der Waals surface area contributed by atoms with E-state index in [4.69, 9.17) is 14.8 Å². The van der Waals surface area contributed by atoms with Crippen molar-refractivity contribution in [1.82, 2.24) is 0 Å². The van der Waals surface area contributed by atoms with Gasteiger partial charge in [-0.1, -0.05) is 12.1 Å². The molecule has 0 heterocycles. The van der Waals surface area contributed by atoms with Crippen LogP contribution in [0.4, 0.5) is 5.69 Å². The second-order valence-electron chi connectivity index (χ2n) is 4.08. The van der Waals surface area contributed by atoms with Crippen molar-refractivity contribution in [1.29, 1.82) is 0 Å². The van der Waals surface area contributed by atoms with Gasteiger partial charge in [-0.2, -0.15) is 4.99 Å². The third-order valence-corrected chi connectivity index (χ3v) is 2.67. The fraction of sp³-hybridized carbons (Fsp3) is 0. The Labute approximate surface area is 120 Å². The van der Waals surface area contributed by atoms with Crippen molar-refractivity contribution >= 4 is 30.3 Å². The van der Waals surface area contributed by atoms with Crippen molar-refractivity contribution in [3.8, 4) is 5.75 Å². The van der Waals surface area contributed by atoms with Crippen LogP contribution in [0.1, 0.15) is 10.4 Å². The van der Waals surface area contributed by atoms with Crippen LogP contribution in [0.5, 0.6) is 5.75 Å². The van der Waals surface area contributed by atoms with Crippen molar-refractivity contribution in [2.45, 2.75) is 0 Å². The zero-order valence-electron chi connectivity index (χ0n) is 10.8. The molecule has 0 aliphatic carbocycles. The molecule has 0 fully saturated rings. The Kier molecular flexibility index (Phi) is 4.63. The molecule has 0 aromatic heterocycles. The second-order valence-corrected chi connectivity index (χ2v) is 4.08. The average Bonchev–Trinajstić information content (AvgIpc) is 2.49. The van der Waals surface area contributed by atoms with E-state index >= 15 is 0 Å². The maximum Gasteiger partial charge on any atom is 0.488 e. The van der Waals surface area contributed by atoms with E-state index in [1.165, 1.54) is 54.6 Å². The Morgan fingerprint density at radius 1 is 1.05 bits per heavy atom. The van der Waals surface area contributed by atoms with Gasteiger partial charge in [0, 0.05) is 0 Å². The zero-order chi connectivity index (χ0) is 15.2. The van der Waals surface area contributed by atoms with Crippen LogP contribution in [0.25, 0.3) is 0 Å². The molecule has 0 bridgehead atoms. The number of nitrogens with zero attached hydrogens (tertiary/aromatic N) is 1. The summed E-state index contributed by atoms with van der Waals surface area (Å²) >= 11 is 0. The topological polar surface area (TPSA) is 96.2 Å². The predicted molar refractivity (Wildman–Crippen MR) is 75.4 cm³/mol. The van der Waals surface area contributed by atoms with Gasteiger partial charge in [0.15, 0.2) is 0 Å². The Bertz CT molecular complexity index is 676. The highest BCUT2D eigenvalue weighted by molar-refractivity contribution is 6.58. The summed E-state index contributed by atoms with van der Waals surface area (Å²) < 4.78 is 5.12. The van der Waals surface area contributed by atoms with Crippen molar-refractivity contribution in [3.05, 3.63) is 54.1 Å². The fourth-order valence-corrected chi connectivity index (χ4v) is 1.60. The Balaban J connectivity index is 2.08. The van der Waals surface area contributed by atoms with Crippen LogP contribution in [-0.4, -0.2) is 29.2 Å². The number of ether oxygens (including phenoxy) is 1. The highest BCUT2D eigenvalue weighted by Gasteiger charge is 2.12. The highest BCUT2D eigenvalue weighted by Crippen LogP contribution is 2.15. The Morgan fingerprint density at radius 2 is 1.67 bits per heavy atom. The average molecular weight is 283 g/mol. The lowest BCUT2D eigenvalue weighted by Gasteiger charge is -2.05. The Morgan fingerprint density at radius 3 is 2.19 bits per heavy atom. The lowest BCUT2D eigenvalue weighted by molar-refractivity contribution is 0.0735. The van der Waals surface area contributed by atoms with Gasteiger partial charge in [0.2, 0.25) is 6.08 Å². The van der Waals surface area contributed by atoms with Gasteiger partial charge in [-0.05, 0) is 41.9 Å². The second kappa shape index (κ2) is 6.63. The third kappa shape index (κ3) is 3.87. The minimum atomic E-state index is -1.57. The molecule has 104 valence electrons. The quantitative estimate of drug-likeness (QED) is 0.281. The van der Waals surface area contributed by atoms with Crippen LogP contribution in [0, 0.1) is 0 Å². The van der Waals surface area contributed by atoms with Gasteiger partial charge in [0.05, 0.1) is 11.3 Å². The normalized spacial score (nSPS) is 9.62. The van der Waals surface area contributed by atoms with Crippen LogP contribution < -0.4 is 10.2 Å². The first-order chi connectivity index (χ1) is 10.1. The van der Waals surface area contributed by atoms with Crippen LogP contribution in [0.15, 0.2) is 53.5 Å². The number of hydrogen-bond acceptors (Lipinski definition) is 6. The first kappa shape index (κ1) is 14.7. The number of carbonyl (C=O) groups is 1. The summed E-state index contributed by atoms with van der Waals surface area (Å²) in [5.41, 5.74) is 0.986. The van der Waals surface area contributed by atoms with Gasteiger partial charge in [-0.3, -0.25) is 0 Å². The maximum atomic E-state index is 11.9. The monoisotopic (exact) mass is 283 g/mol. The number of hydrogen-bond donors (Lipinski definition) is 2. The van der Waals surface area contributed by atoms with Crippen LogP contribution in [0.3, 0.4) is 0 Å². The van der Waals surface area contributed by atoms with E-state index in [1.807, 2.05) is 0 Å². The molecule has 0 spiro atoms. The van der Waals surface area contributed by atoms with Gasteiger partial charge >= 0.3 is 13.1 Å². The smallest absolute Gasteiger partial charge is 0.423 e. The summed E-state index contributed by atoms with van der Waals surface area (Å²) in [5, 5.41) is 17.9. The minimum Gasteiger partial charge on any atom is -0.423 e. The summed E-state index contributed by atoms with van der Waals surface area (Å²) in [6.07, 6.45) is 1.40. The number of aliphatic imine (C=N–C) groups is 1. The van der Waals surface area contributed by atoms with E-state index in [0.29, 0.717) is 16.7 Å². The lowest BCUT2D eigenvalue weighted by atomic mass is 9.80. The number of isocyanates is 1. The van der Waals surface area contributed by atoms with E-state index in [-0.39, 0.29) is 5.75 Å². The van der Waals surface area contributed by atoms with E-state index in [9.17, 15) is 9.59 Å². The van der Waals surface area contributed by atoms with Crippen LogP contribution in [0.2, 0.25) is 0 Å². The summed E-state index contributed by atoms with van der Waals surface area (Å²) in [5.74, 6) is -0.298. The molecule has 0 saturated heterocycles. The molecule has 0 aliphatic rings. The Hall–Kier alpha value is -2.73. The third-order valence-electron chi connectivity index (χ3n) is 2.67. The number of benzene rings is 2. The molecule has 0 aliphatic heterocycles. The zero-order valence-corrected chi connectivity index (χ0v) is 10.8. The van der Waals surface area contributed by atoms with E-state index in [2.05, 4.69) is 4.99 Å². The molecule has 2 N–H and O–H groups in total. The molecule has 0 amide bonds. The largest absolute Gasteiger partial charge is 0.488 e. The first-order valence-electron chi connectivity index (χ1n) is 5.96. The van der Waals surface area contributed by atoms with Crippen molar-refractivity contribution in [2.75, 3.05) is 0 Å². The molecular weight excluding hydrogens is 273 g/mol. The van der Waals surface area contributed by atoms with Gasteiger partial charge < -0.3 is 14.8 Å². The summed E-state index contributed by atoms with van der Waals surface area (Å²) in [6, 6.07) is 11.7. The predicted octanol–water partition coefficient (Wildman–Crippen LogP) is 0.553. The molecule has 21 heavy (non-hydrogen) atoms. The number of carbonyl (C=O) groups excluding carboxylic acids is 2. The summed E-state index contributed by atoms with van der Waals surface area (Å²) in [6.45, 7) is 0. The molecule has 2 aromatic carbocycles. The molecule has 7 heteroatoms. The van der Waals surface area contributed by atoms with Crippen molar-refractivity contribution < 1.29 is 24.4 Å². The minimum absolute atomic E-state index is 0.277. The van der Waals surface area contributed by atoms with E-state index in [0.717, 1.165) is 0 Å². The van der Waals surface area contributed by atoms with Crippen molar-refractivity contribution in [3.63, 3.8) is 0 Å². The maximum absolute atomic E-state index is 11.9. The molecule has 2 rings (SSSR count). The van der Waals surface area contributed by atoms with Gasteiger partial charge in [-0.25, -0.2) is 9.59 Å². The lowest BCUT2D eigenvalue weighted by Crippen LogP contribution is -2.29. The molecular formula is C14H10BNO5. The SMILES string of the molecule is O=C=Nc1ccc(C(=O)Oc2ccc(B(O)O)cc2)cc1. The van der Waals surface area contributed by atoms with E-state index < -0.39 is 13.1 Å². The van der Waals surface area contributed by atoms with Gasteiger partial charge in [0.1, 0.15) is 5.75 Å². The number of esters is 1. The van der Waals surface area contributed by atoms with Crippen LogP contribution >= 0.6 is 0 Å². The fourth-order valence-electron chi connectivity index (χ4n) is 1.60. The van der Waals surface area contributed by atoms with Gasteiger partial charge in [-0.15, -0.1) is 0 Å². The van der Waals surface area contributed by atoms with Crippen molar-refractivity contribution in [2.24, 2.45) is 4.99 Å². The molecule has 0 radical (unpaired) electrons. The standard InChI is InChI=1S/C14H10BNO5/c17-9-16-12-5-1-10(2-6-12)14(18)21-13-7-3-11(4-8-13)15(19)20/h1-8,19-20H. The van der Waals surface area contributed by atoms with Crippen LogP contribution in [-0.2, 0) is 4.79 Å². The van der Waals surface area contributed by atoms with E-state index in [1.54, 1.807) is 0 Å². The first-order valence-corrected chi connectivity index (χ1v) is 5.96. The molecule has 0 saturated carbocycles. The number of rotatable bonds is 4. The highest BCUT2D eigenvalue weighted by atomic mass is 16.5. The molecule has 2 aromatic rings. The summed E-state index contributed by atoms with van der Waals surface area (Å²) in [4.78, 5) is 25.4. The molecule has 6 nitrogen and oxygen atoms in total. The van der Waals surface area contributed by atoms with Gasteiger partial charge in [0.25, 0.3) is 0 Å². The molecule has 0 unspecified atom stereocenters.